The van der Waals surface area contributed by atoms with Crippen LogP contribution in [0.3, 0.4) is 0 Å². The molecule has 0 fully saturated rings. The lowest BCUT2D eigenvalue weighted by Crippen LogP contribution is -2.05. The van der Waals surface area contributed by atoms with Gasteiger partial charge in [-0.3, -0.25) is 0 Å². The van der Waals surface area contributed by atoms with Gasteiger partial charge in [-0.05, 0) is 46.2 Å². The molecule has 1 atom stereocenters. The van der Waals surface area contributed by atoms with Crippen LogP contribution < -0.4 is 5.73 Å². The summed E-state index contributed by atoms with van der Waals surface area (Å²) in [6.45, 7) is 0. The maximum atomic E-state index is 6.25. The fourth-order valence-electron chi connectivity index (χ4n) is 3.37. The van der Waals surface area contributed by atoms with Gasteiger partial charge in [0.05, 0.1) is 0 Å². The molecule has 2 aliphatic rings. The second kappa shape index (κ2) is 4.46. The molecule has 0 heterocycles. The molecule has 20 heavy (non-hydrogen) atoms. The predicted molar refractivity (Wildman–Crippen MR) is 84.9 cm³/mol. The van der Waals surface area contributed by atoms with Gasteiger partial charge < -0.3 is 5.73 Å². The van der Waals surface area contributed by atoms with Crippen LogP contribution in [0.5, 0.6) is 0 Å². The Bertz CT molecular complexity index is 723. The lowest BCUT2D eigenvalue weighted by Gasteiger charge is -2.18. The van der Waals surface area contributed by atoms with Gasteiger partial charge in [0.1, 0.15) is 0 Å². The van der Waals surface area contributed by atoms with E-state index < -0.39 is 0 Å². The van der Waals surface area contributed by atoms with Crippen LogP contribution in [-0.4, -0.2) is 0 Å². The molecule has 0 saturated carbocycles. The number of hydrogen-bond acceptors (Lipinski definition) is 1. The highest BCUT2D eigenvalue weighted by Crippen LogP contribution is 2.46. The van der Waals surface area contributed by atoms with E-state index in [2.05, 4.69) is 60.7 Å². The third kappa shape index (κ3) is 1.75. The molecular weight excluding hydrogens is 242 g/mol. The Kier molecular flexibility index (Phi) is 2.61. The van der Waals surface area contributed by atoms with Crippen molar-refractivity contribution in [3.8, 4) is 0 Å². The topological polar surface area (TPSA) is 26.0 Å². The first-order chi connectivity index (χ1) is 9.83. The maximum Gasteiger partial charge on any atom is 0.0342 e. The van der Waals surface area contributed by atoms with Crippen molar-refractivity contribution in [2.45, 2.75) is 18.9 Å². The number of allylic oxidation sites excluding steroid dienone is 2. The minimum absolute atomic E-state index is 0.173. The van der Waals surface area contributed by atoms with Gasteiger partial charge in [0, 0.05) is 6.04 Å². The highest BCUT2D eigenvalue weighted by Gasteiger charge is 2.28. The van der Waals surface area contributed by atoms with Crippen LogP contribution in [0, 0.1) is 0 Å². The maximum absolute atomic E-state index is 6.25. The highest BCUT2D eigenvalue weighted by molar-refractivity contribution is 5.94. The van der Waals surface area contributed by atoms with Gasteiger partial charge in [-0.2, -0.15) is 0 Å². The van der Waals surface area contributed by atoms with E-state index in [4.69, 9.17) is 5.73 Å². The van der Waals surface area contributed by atoms with Gasteiger partial charge in [-0.1, -0.05) is 60.7 Å². The van der Waals surface area contributed by atoms with E-state index in [0.717, 1.165) is 12.8 Å². The smallest absolute Gasteiger partial charge is 0.0342 e. The minimum atomic E-state index is 0.173. The standard InChI is InChI=1S/C19H17N/c20-18-12-15-10-9-14(11-13-5-2-1-3-6-13)16-7-4-8-17(18)19(15)16/h1-8,10-11,18H,9,12,20H2. The molecule has 2 N–H and O–H groups in total. The van der Waals surface area contributed by atoms with Crippen LogP contribution in [0.15, 0.2) is 54.6 Å². The van der Waals surface area contributed by atoms with Gasteiger partial charge in [0.15, 0.2) is 0 Å². The molecule has 0 aliphatic heterocycles. The molecule has 2 aliphatic carbocycles. The second-order valence-corrected chi connectivity index (χ2v) is 5.59. The molecular formula is C19H17N. The highest BCUT2D eigenvalue weighted by atomic mass is 14.7. The SMILES string of the molecule is NC1CC2=CCC(=Cc3ccccc3)c3cccc1c32. The monoisotopic (exact) mass is 259 g/mol. The zero-order valence-electron chi connectivity index (χ0n) is 11.3. The first-order valence-electron chi connectivity index (χ1n) is 7.17. The third-order valence-corrected chi connectivity index (χ3v) is 4.31. The fraction of sp³-hybridized carbons (Fsp3) is 0.158. The first kappa shape index (κ1) is 11.7. The Balaban J connectivity index is 1.87. The van der Waals surface area contributed by atoms with E-state index in [0.29, 0.717) is 0 Å². The molecule has 0 radical (unpaired) electrons. The van der Waals surface area contributed by atoms with E-state index in [9.17, 15) is 0 Å². The summed E-state index contributed by atoms with van der Waals surface area (Å²) >= 11 is 0. The van der Waals surface area contributed by atoms with Gasteiger partial charge >= 0.3 is 0 Å². The quantitative estimate of drug-likeness (QED) is 0.806. The van der Waals surface area contributed by atoms with Gasteiger partial charge in [-0.25, -0.2) is 0 Å². The van der Waals surface area contributed by atoms with E-state index in [-0.39, 0.29) is 6.04 Å². The summed E-state index contributed by atoms with van der Waals surface area (Å²) in [4.78, 5) is 0. The number of nitrogens with two attached hydrogens (primary N) is 1. The van der Waals surface area contributed by atoms with Crippen molar-refractivity contribution in [1.29, 1.82) is 0 Å². The van der Waals surface area contributed by atoms with Gasteiger partial charge in [0.2, 0.25) is 0 Å². The van der Waals surface area contributed by atoms with E-state index in [1.807, 2.05) is 0 Å². The summed E-state index contributed by atoms with van der Waals surface area (Å²) in [6, 6.07) is 17.3. The van der Waals surface area contributed by atoms with Crippen molar-refractivity contribution >= 4 is 17.2 Å². The largest absolute Gasteiger partial charge is 0.324 e. The van der Waals surface area contributed by atoms with Gasteiger partial charge in [0.25, 0.3) is 0 Å². The Morgan fingerprint density at radius 3 is 2.70 bits per heavy atom. The average Bonchev–Trinajstić information content (AvgIpc) is 2.82. The molecule has 2 aromatic rings. The van der Waals surface area contributed by atoms with Crippen LogP contribution in [0.1, 0.15) is 41.1 Å². The molecule has 4 rings (SSSR count). The summed E-state index contributed by atoms with van der Waals surface area (Å²) in [5, 5.41) is 0. The van der Waals surface area contributed by atoms with Crippen molar-refractivity contribution in [2.75, 3.05) is 0 Å². The second-order valence-electron chi connectivity index (χ2n) is 5.59. The van der Waals surface area contributed by atoms with Crippen LogP contribution in [0.4, 0.5) is 0 Å². The van der Waals surface area contributed by atoms with E-state index in [1.165, 1.54) is 33.4 Å². The van der Waals surface area contributed by atoms with Crippen molar-refractivity contribution in [2.24, 2.45) is 5.73 Å². The third-order valence-electron chi connectivity index (χ3n) is 4.31. The van der Waals surface area contributed by atoms with Crippen LogP contribution in [-0.2, 0) is 0 Å². The zero-order valence-corrected chi connectivity index (χ0v) is 11.3. The van der Waals surface area contributed by atoms with Gasteiger partial charge in [-0.15, -0.1) is 0 Å². The van der Waals surface area contributed by atoms with Crippen LogP contribution in [0.2, 0.25) is 0 Å². The molecule has 0 bridgehead atoms. The first-order valence-corrected chi connectivity index (χ1v) is 7.17. The molecule has 0 spiro atoms. The number of benzene rings is 2. The Morgan fingerprint density at radius 1 is 1.00 bits per heavy atom. The van der Waals surface area contributed by atoms with Crippen molar-refractivity contribution < 1.29 is 0 Å². The molecule has 2 aromatic carbocycles. The molecule has 1 heteroatoms. The predicted octanol–water partition coefficient (Wildman–Crippen LogP) is 4.42. The van der Waals surface area contributed by atoms with Crippen molar-refractivity contribution in [3.05, 3.63) is 76.9 Å². The Hall–Kier alpha value is -2.12. The lowest BCUT2D eigenvalue weighted by atomic mass is 9.87. The zero-order chi connectivity index (χ0) is 13.5. The molecule has 0 saturated heterocycles. The summed E-state index contributed by atoms with van der Waals surface area (Å²) in [5.41, 5.74) is 14.4. The molecule has 98 valence electrons. The van der Waals surface area contributed by atoms with Crippen LogP contribution in [0.25, 0.3) is 17.2 Å². The Morgan fingerprint density at radius 2 is 1.85 bits per heavy atom. The molecule has 0 aromatic heterocycles. The van der Waals surface area contributed by atoms with Crippen molar-refractivity contribution in [1.82, 2.24) is 0 Å². The Labute approximate surface area is 119 Å². The molecule has 0 amide bonds. The number of hydrogen-bond donors (Lipinski definition) is 1. The fourth-order valence-corrected chi connectivity index (χ4v) is 3.37. The number of rotatable bonds is 1. The van der Waals surface area contributed by atoms with Crippen molar-refractivity contribution in [3.63, 3.8) is 0 Å². The van der Waals surface area contributed by atoms with E-state index in [1.54, 1.807) is 0 Å². The van der Waals surface area contributed by atoms with Crippen LogP contribution >= 0.6 is 0 Å². The molecule has 1 unspecified atom stereocenters. The minimum Gasteiger partial charge on any atom is -0.324 e. The average molecular weight is 259 g/mol. The molecule has 1 nitrogen and oxygen atoms in total. The summed E-state index contributed by atoms with van der Waals surface area (Å²) in [6.07, 6.45) is 6.65. The summed E-state index contributed by atoms with van der Waals surface area (Å²) < 4.78 is 0. The van der Waals surface area contributed by atoms with E-state index >= 15 is 0 Å². The normalized spacial score (nSPS) is 21.8. The summed E-state index contributed by atoms with van der Waals surface area (Å²) in [7, 11) is 0. The summed E-state index contributed by atoms with van der Waals surface area (Å²) in [5.74, 6) is 0. The lowest BCUT2D eigenvalue weighted by molar-refractivity contribution is 0.783.